The zero-order chi connectivity index (χ0) is 13.8. The molecule has 0 radical (unpaired) electrons. The van der Waals surface area contributed by atoms with Crippen LogP contribution in [0.5, 0.6) is 0 Å². The molecule has 0 fully saturated rings. The second-order valence-corrected chi connectivity index (χ2v) is 4.21. The van der Waals surface area contributed by atoms with Crippen LogP contribution in [0.4, 0.5) is 0 Å². The number of primary amides is 1. The Morgan fingerprint density at radius 2 is 1.58 bits per heavy atom. The van der Waals surface area contributed by atoms with E-state index in [0.717, 1.165) is 16.7 Å². The molecule has 0 aliphatic carbocycles. The molecule has 3 N–H and O–H groups in total. The van der Waals surface area contributed by atoms with Gasteiger partial charge in [0.1, 0.15) is 0 Å². The number of nitrogens with two attached hydrogens (primary N) is 1. The minimum Gasteiger partial charge on any atom is -0.411 e. The molecule has 4 heteroatoms. The van der Waals surface area contributed by atoms with Crippen LogP contribution < -0.4 is 5.73 Å². The second kappa shape index (κ2) is 5.35. The molecule has 0 saturated carbocycles. The van der Waals surface area contributed by atoms with Crippen LogP contribution >= 0.6 is 0 Å². The van der Waals surface area contributed by atoms with E-state index in [1.54, 1.807) is 25.1 Å². The van der Waals surface area contributed by atoms with Crippen molar-refractivity contribution < 1.29 is 10.0 Å². The summed E-state index contributed by atoms with van der Waals surface area (Å²) in [6.07, 6.45) is 0. The zero-order valence-corrected chi connectivity index (χ0v) is 10.5. The van der Waals surface area contributed by atoms with Crippen molar-refractivity contribution in [1.82, 2.24) is 0 Å². The van der Waals surface area contributed by atoms with Gasteiger partial charge in [0.15, 0.2) is 0 Å². The lowest BCUT2D eigenvalue weighted by molar-refractivity contribution is 0.100. The number of oxime groups is 1. The lowest BCUT2D eigenvalue weighted by Crippen LogP contribution is -2.10. The molecule has 0 saturated heterocycles. The Balaban J connectivity index is 2.47. The summed E-state index contributed by atoms with van der Waals surface area (Å²) in [7, 11) is 0. The molecule has 2 rings (SSSR count). The SMILES string of the molecule is CC(=NO)c1cccc(-c2cccc(C(N)=O)c2)c1. The number of carbonyl (C=O) groups excluding carboxylic acids is 1. The number of amides is 1. The Kier molecular flexibility index (Phi) is 3.61. The lowest BCUT2D eigenvalue weighted by Gasteiger charge is -2.06. The van der Waals surface area contributed by atoms with Crippen LogP contribution in [-0.2, 0) is 0 Å². The summed E-state index contributed by atoms with van der Waals surface area (Å²) < 4.78 is 0. The van der Waals surface area contributed by atoms with Crippen molar-refractivity contribution in [1.29, 1.82) is 0 Å². The Morgan fingerprint density at radius 1 is 1.05 bits per heavy atom. The van der Waals surface area contributed by atoms with Gasteiger partial charge in [-0.15, -0.1) is 0 Å². The zero-order valence-electron chi connectivity index (χ0n) is 10.5. The van der Waals surface area contributed by atoms with Gasteiger partial charge in [-0.2, -0.15) is 0 Å². The van der Waals surface area contributed by atoms with Crippen molar-refractivity contribution in [2.45, 2.75) is 6.92 Å². The number of hydrogen-bond donors (Lipinski definition) is 2. The first-order chi connectivity index (χ1) is 9.11. The number of carbonyl (C=O) groups is 1. The molecule has 1 amide bonds. The Bertz CT molecular complexity index is 648. The fourth-order valence-corrected chi connectivity index (χ4v) is 1.83. The number of nitrogens with zero attached hydrogens (tertiary/aromatic N) is 1. The van der Waals surface area contributed by atoms with Crippen LogP contribution in [-0.4, -0.2) is 16.8 Å². The first-order valence-corrected chi connectivity index (χ1v) is 5.81. The van der Waals surface area contributed by atoms with Gasteiger partial charge in [-0.05, 0) is 41.8 Å². The van der Waals surface area contributed by atoms with Crippen molar-refractivity contribution in [3.63, 3.8) is 0 Å². The summed E-state index contributed by atoms with van der Waals surface area (Å²) in [6.45, 7) is 1.72. The highest BCUT2D eigenvalue weighted by Gasteiger charge is 2.05. The number of rotatable bonds is 3. The molecule has 2 aromatic rings. The summed E-state index contributed by atoms with van der Waals surface area (Å²) in [6, 6.07) is 14.7. The van der Waals surface area contributed by atoms with E-state index in [2.05, 4.69) is 5.16 Å². The average molecular weight is 254 g/mol. The number of hydrogen-bond acceptors (Lipinski definition) is 3. The first kappa shape index (κ1) is 12.8. The van der Waals surface area contributed by atoms with E-state index in [-0.39, 0.29) is 0 Å². The van der Waals surface area contributed by atoms with Crippen molar-refractivity contribution in [3.8, 4) is 11.1 Å². The Morgan fingerprint density at radius 3 is 2.11 bits per heavy atom. The normalized spacial score (nSPS) is 11.3. The van der Waals surface area contributed by atoms with E-state index in [4.69, 9.17) is 10.9 Å². The summed E-state index contributed by atoms with van der Waals surface area (Å²) in [5.41, 5.74) is 8.92. The second-order valence-electron chi connectivity index (χ2n) is 4.21. The van der Waals surface area contributed by atoms with Gasteiger partial charge in [0.25, 0.3) is 0 Å². The number of benzene rings is 2. The smallest absolute Gasteiger partial charge is 0.248 e. The van der Waals surface area contributed by atoms with Crippen LogP contribution in [0, 0.1) is 0 Å². The highest BCUT2D eigenvalue weighted by Crippen LogP contribution is 2.21. The molecule has 0 heterocycles. The van der Waals surface area contributed by atoms with Crippen LogP contribution in [0.25, 0.3) is 11.1 Å². The Labute approximate surface area is 111 Å². The molecule has 0 aliphatic rings. The summed E-state index contributed by atoms with van der Waals surface area (Å²) in [4.78, 5) is 11.2. The topological polar surface area (TPSA) is 75.7 Å². The maximum Gasteiger partial charge on any atom is 0.248 e. The quantitative estimate of drug-likeness (QED) is 0.502. The molecule has 0 spiro atoms. The molecule has 96 valence electrons. The van der Waals surface area contributed by atoms with Crippen LogP contribution in [0.15, 0.2) is 53.7 Å². The van der Waals surface area contributed by atoms with E-state index in [1.807, 2.05) is 30.3 Å². The third-order valence-electron chi connectivity index (χ3n) is 2.91. The van der Waals surface area contributed by atoms with E-state index < -0.39 is 5.91 Å². The standard InChI is InChI=1S/C15H14N2O2/c1-10(17-19)11-4-2-5-12(8-11)13-6-3-7-14(9-13)15(16)18/h2-9,19H,1H3,(H2,16,18). The maximum absolute atomic E-state index is 11.2. The molecule has 4 nitrogen and oxygen atoms in total. The van der Waals surface area contributed by atoms with Gasteiger partial charge in [0.05, 0.1) is 5.71 Å². The molecule has 0 atom stereocenters. The third-order valence-corrected chi connectivity index (χ3v) is 2.91. The first-order valence-electron chi connectivity index (χ1n) is 5.81. The highest BCUT2D eigenvalue weighted by molar-refractivity contribution is 5.99. The van der Waals surface area contributed by atoms with E-state index in [9.17, 15) is 4.79 Å². The van der Waals surface area contributed by atoms with E-state index >= 15 is 0 Å². The molecular weight excluding hydrogens is 240 g/mol. The highest BCUT2D eigenvalue weighted by atomic mass is 16.4. The van der Waals surface area contributed by atoms with Crippen molar-refractivity contribution in [2.24, 2.45) is 10.9 Å². The van der Waals surface area contributed by atoms with Crippen LogP contribution in [0.3, 0.4) is 0 Å². The summed E-state index contributed by atoms with van der Waals surface area (Å²) in [5, 5.41) is 12.0. The average Bonchev–Trinajstić information content (AvgIpc) is 2.46. The minimum atomic E-state index is -0.453. The fourth-order valence-electron chi connectivity index (χ4n) is 1.83. The largest absolute Gasteiger partial charge is 0.411 e. The molecular formula is C15H14N2O2. The summed E-state index contributed by atoms with van der Waals surface area (Å²) in [5.74, 6) is -0.453. The molecule has 0 aliphatic heterocycles. The fraction of sp³-hybridized carbons (Fsp3) is 0.0667. The van der Waals surface area contributed by atoms with Gasteiger partial charge in [-0.25, -0.2) is 0 Å². The monoisotopic (exact) mass is 254 g/mol. The van der Waals surface area contributed by atoms with E-state index in [1.165, 1.54) is 0 Å². The van der Waals surface area contributed by atoms with Crippen LogP contribution in [0.2, 0.25) is 0 Å². The summed E-state index contributed by atoms with van der Waals surface area (Å²) >= 11 is 0. The van der Waals surface area contributed by atoms with E-state index in [0.29, 0.717) is 11.3 Å². The lowest BCUT2D eigenvalue weighted by atomic mass is 10.00. The predicted molar refractivity (Wildman–Crippen MR) is 74.4 cm³/mol. The van der Waals surface area contributed by atoms with Gasteiger partial charge in [-0.3, -0.25) is 4.79 Å². The third kappa shape index (κ3) is 2.80. The van der Waals surface area contributed by atoms with Crippen molar-refractivity contribution in [2.75, 3.05) is 0 Å². The van der Waals surface area contributed by atoms with Crippen molar-refractivity contribution >= 4 is 11.6 Å². The van der Waals surface area contributed by atoms with Gasteiger partial charge < -0.3 is 10.9 Å². The van der Waals surface area contributed by atoms with Gasteiger partial charge in [0.2, 0.25) is 5.91 Å². The van der Waals surface area contributed by atoms with Gasteiger partial charge in [-0.1, -0.05) is 35.5 Å². The molecule has 0 aromatic heterocycles. The Hall–Kier alpha value is -2.62. The van der Waals surface area contributed by atoms with Gasteiger partial charge >= 0.3 is 0 Å². The molecule has 19 heavy (non-hydrogen) atoms. The molecule has 0 bridgehead atoms. The van der Waals surface area contributed by atoms with Crippen LogP contribution in [0.1, 0.15) is 22.8 Å². The van der Waals surface area contributed by atoms with Gasteiger partial charge in [0, 0.05) is 5.56 Å². The molecule has 2 aromatic carbocycles. The maximum atomic E-state index is 11.2. The minimum absolute atomic E-state index is 0.453. The molecule has 0 unspecified atom stereocenters. The van der Waals surface area contributed by atoms with Crippen molar-refractivity contribution in [3.05, 3.63) is 59.7 Å². The predicted octanol–water partition coefficient (Wildman–Crippen LogP) is 2.65.